The van der Waals surface area contributed by atoms with E-state index in [-0.39, 0.29) is 24.2 Å². The van der Waals surface area contributed by atoms with Gasteiger partial charge in [0.15, 0.2) is 5.13 Å². The number of ether oxygens (including phenoxy) is 1. The van der Waals surface area contributed by atoms with Gasteiger partial charge in [-0.3, -0.25) is 5.32 Å². The van der Waals surface area contributed by atoms with Gasteiger partial charge in [0.1, 0.15) is 0 Å². The molecule has 6 nitrogen and oxygen atoms in total. The number of piperidine rings is 1. The third-order valence-electron chi connectivity index (χ3n) is 4.65. The van der Waals surface area contributed by atoms with Crippen molar-refractivity contribution in [2.24, 2.45) is 0 Å². The van der Waals surface area contributed by atoms with Crippen LogP contribution in [0.4, 0.5) is 9.93 Å². The van der Waals surface area contributed by atoms with Crippen molar-refractivity contribution >= 4 is 22.5 Å². The highest BCUT2D eigenvalue weighted by Crippen LogP contribution is 2.36. The quantitative estimate of drug-likeness (QED) is 0.828. The maximum Gasteiger partial charge on any atom is 0.324 e. The Morgan fingerprint density at radius 2 is 2.14 bits per heavy atom. The van der Waals surface area contributed by atoms with Gasteiger partial charge in [-0.2, -0.15) is 0 Å². The van der Waals surface area contributed by atoms with Gasteiger partial charge >= 0.3 is 6.03 Å². The number of nitrogens with zero attached hydrogens (tertiary/aromatic N) is 2. The zero-order valence-corrected chi connectivity index (χ0v) is 12.6. The highest BCUT2D eigenvalue weighted by atomic mass is 32.1. The summed E-state index contributed by atoms with van der Waals surface area (Å²) in [5, 5.41) is 13.4. The van der Waals surface area contributed by atoms with Crippen molar-refractivity contribution in [1.82, 2.24) is 9.88 Å². The molecule has 4 heterocycles. The van der Waals surface area contributed by atoms with E-state index in [1.165, 1.54) is 11.3 Å². The summed E-state index contributed by atoms with van der Waals surface area (Å²) in [6.45, 7) is 1.31. The number of thiazole rings is 1. The minimum absolute atomic E-state index is 0.0681. The zero-order valence-electron chi connectivity index (χ0n) is 11.7. The number of carbonyl (C=O) groups is 1. The van der Waals surface area contributed by atoms with Crippen molar-refractivity contribution in [3.05, 3.63) is 10.6 Å². The lowest BCUT2D eigenvalue weighted by Gasteiger charge is -2.36. The van der Waals surface area contributed by atoms with E-state index in [0.717, 1.165) is 29.8 Å². The minimum atomic E-state index is -0.254. The largest absolute Gasteiger partial charge is 0.393 e. The van der Waals surface area contributed by atoms with Gasteiger partial charge in [-0.1, -0.05) is 11.3 Å². The topological polar surface area (TPSA) is 74.7 Å². The first-order valence-corrected chi connectivity index (χ1v) is 8.36. The number of aliphatic hydroxyl groups is 1. The van der Waals surface area contributed by atoms with Crippen LogP contribution in [0.5, 0.6) is 0 Å². The highest BCUT2D eigenvalue weighted by molar-refractivity contribution is 7.15. The molecule has 0 aliphatic carbocycles. The third kappa shape index (κ3) is 2.43. The van der Waals surface area contributed by atoms with Gasteiger partial charge in [0.05, 0.1) is 29.9 Å². The summed E-state index contributed by atoms with van der Waals surface area (Å²) in [6.07, 6.45) is 3.96. The molecule has 0 spiro atoms. The Labute approximate surface area is 127 Å². The van der Waals surface area contributed by atoms with E-state index in [1.807, 2.05) is 4.90 Å². The van der Waals surface area contributed by atoms with E-state index in [2.05, 4.69) is 10.3 Å². The fourth-order valence-corrected chi connectivity index (χ4v) is 4.65. The van der Waals surface area contributed by atoms with Gasteiger partial charge in [-0.05, 0) is 25.7 Å². The number of hydrogen-bond acceptors (Lipinski definition) is 5. The van der Waals surface area contributed by atoms with Crippen LogP contribution in [-0.4, -0.2) is 45.8 Å². The number of anilines is 1. The molecular weight excluding hydrogens is 290 g/mol. The number of fused-ring (bicyclic) bond motifs is 3. The number of aliphatic hydroxyl groups excluding tert-OH is 1. The monoisotopic (exact) mass is 309 g/mol. The van der Waals surface area contributed by atoms with Crippen LogP contribution >= 0.6 is 11.3 Å². The smallest absolute Gasteiger partial charge is 0.324 e. The fraction of sp³-hybridized carbons (Fsp3) is 0.714. The van der Waals surface area contributed by atoms with E-state index in [1.54, 1.807) is 0 Å². The lowest BCUT2D eigenvalue weighted by atomic mass is 10.0. The Hall–Kier alpha value is -1.18. The van der Waals surface area contributed by atoms with Gasteiger partial charge in [-0.25, -0.2) is 9.78 Å². The van der Waals surface area contributed by atoms with Crippen molar-refractivity contribution < 1.29 is 14.6 Å². The summed E-state index contributed by atoms with van der Waals surface area (Å²) in [7, 11) is 0. The standard InChI is InChI=1S/C14H19N3O3S/c18-10-5-8-1-2-9(6-10)17(8)14(19)16-13-15-11-3-4-20-7-12(11)21-13/h8-10,18H,1-7H2,(H,15,16,19)/t8-,9+,10?. The molecule has 2 fully saturated rings. The summed E-state index contributed by atoms with van der Waals surface area (Å²) in [4.78, 5) is 20.1. The Morgan fingerprint density at radius 1 is 1.38 bits per heavy atom. The molecule has 1 aromatic heterocycles. The number of carbonyl (C=O) groups excluding carboxylic acids is 1. The second-order valence-corrected chi connectivity index (χ2v) is 7.12. The number of urea groups is 1. The number of amides is 2. The molecule has 2 saturated heterocycles. The minimum Gasteiger partial charge on any atom is -0.393 e. The first-order valence-electron chi connectivity index (χ1n) is 7.54. The molecule has 1 unspecified atom stereocenters. The third-order valence-corrected chi connectivity index (χ3v) is 5.64. The Balaban J connectivity index is 1.47. The number of nitrogens with one attached hydrogen (secondary N) is 1. The molecular formula is C14H19N3O3S. The first kappa shape index (κ1) is 13.5. The van der Waals surface area contributed by atoms with Gasteiger partial charge in [0.2, 0.25) is 0 Å². The lowest BCUT2D eigenvalue weighted by Crippen LogP contribution is -2.49. The molecule has 0 saturated carbocycles. The van der Waals surface area contributed by atoms with Crippen molar-refractivity contribution in [2.45, 2.75) is 56.9 Å². The molecule has 21 heavy (non-hydrogen) atoms. The predicted octanol–water partition coefficient (Wildman–Crippen LogP) is 1.74. The summed E-state index contributed by atoms with van der Waals surface area (Å²) >= 11 is 1.51. The summed E-state index contributed by atoms with van der Waals surface area (Å²) < 4.78 is 5.41. The first-order chi connectivity index (χ1) is 10.2. The molecule has 2 amide bonds. The van der Waals surface area contributed by atoms with Crippen LogP contribution in [0.3, 0.4) is 0 Å². The maximum atomic E-state index is 12.5. The average molecular weight is 309 g/mol. The van der Waals surface area contributed by atoms with E-state index in [9.17, 15) is 9.90 Å². The molecule has 0 aromatic carbocycles. The van der Waals surface area contributed by atoms with Gasteiger partial charge in [-0.15, -0.1) is 0 Å². The fourth-order valence-electron chi connectivity index (χ4n) is 3.71. The Kier molecular flexibility index (Phi) is 3.35. The van der Waals surface area contributed by atoms with Gasteiger partial charge in [0.25, 0.3) is 0 Å². The van der Waals surface area contributed by atoms with Crippen LogP contribution in [0.2, 0.25) is 0 Å². The molecule has 2 N–H and O–H groups in total. The van der Waals surface area contributed by atoms with Gasteiger partial charge < -0.3 is 14.7 Å². The van der Waals surface area contributed by atoms with Crippen LogP contribution in [0.15, 0.2) is 0 Å². The van der Waals surface area contributed by atoms with Crippen LogP contribution in [0.1, 0.15) is 36.3 Å². The highest BCUT2D eigenvalue weighted by Gasteiger charge is 2.43. The zero-order chi connectivity index (χ0) is 14.4. The second kappa shape index (κ2) is 5.23. The molecule has 3 aliphatic rings. The molecule has 3 aliphatic heterocycles. The second-order valence-electron chi connectivity index (χ2n) is 6.04. The Bertz CT molecular complexity index is 524. The summed E-state index contributed by atoms with van der Waals surface area (Å²) in [5.74, 6) is 0. The average Bonchev–Trinajstić information content (AvgIpc) is 2.97. The molecule has 0 radical (unpaired) electrons. The predicted molar refractivity (Wildman–Crippen MR) is 78.4 cm³/mol. The molecule has 7 heteroatoms. The van der Waals surface area contributed by atoms with Crippen molar-refractivity contribution in [2.75, 3.05) is 11.9 Å². The summed E-state index contributed by atoms with van der Waals surface area (Å²) in [5.41, 5.74) is 1.05. The lowest BCUT2D eigenvalue weighted by molar-refractivity contribution is 0.0580. The van der Waals surface area contributed by atoms with E-state index >= 15 is 0 Å². The number of hydrogen-bond donors (Lipinski definition) is 2. The number of aromatic nitrogens is 1. The molecule has 2 bridgehead atoms. The SMILES string of the molecule is O=C(Nc1nc2c(s1)COCC2)N1[C@@H]2CC[C@H]1CC(O)C2. The van der Waals surface area contributed by atoms with Crippen molar-refractivity contribution in [1.29, 1.82) is 0 Å². The van der Waals surface area contributed by atoms with Crippen LogP contribution in [0.25, 0.3) is 0 Å². The normalized spacial score (nSPS) is 31.1. The molecule has 4 rings (SSSR count). The van der Waals surface area contributed by atoms with Crippen molar-refractivity contribution in [3.8, 4) is 0 Å². The maximum absolute atomic E-state index is 12.5. The van der Waals surface area contributed by atoms with Crippen LogP contribution in [0, 0.1) is 0 Å². The summed E-state index contributed by atoms with van der Waals surface area (Å²) in [6, 6.07) is 0.287. The van der Waals surface area contributed by atoms with Crippen LogP contribution < -0.4 is 5.32 Å². The molecule has 114 valence electrons. The van der Waals surface area contributed by atoms with E-state index in [0.29, 0.717) is 31.2 Å². The molecule has 3 atom stereocenters. The van der Waals surface area contributed by atoms with Crippen molar-refractivity contribution in [3.63, 3.8) is 0 Å². The van der Waals surface area contributed by atoms with E-state index in [4.69, 9.17) is 4.74 Å². The van der Waals surface area contributed by atoms with Gasteiger partial charge in [0, 0.05) is 18.5 Å². The van der Waals surface area contributed by atoms with E-state index < -0.39 is 0 Å². The number of rotatable bonds is 1. The molecule has 1 aromatic rings. The Morgan fingerprint density at radius 3 is 2.86 bits per heavy atom. The van der Waals surface area contributed by atoms with Crippen LogP contribution in [-0.2, 0) is 17.8 Å².